The van der Waals surface area contributed by atoms with E-state index in [2.05, 4.69) is 230 Å². The maximum Gasteiger partial charge on any atom is 0.136 e. The van der Waals surface area contributed by atoms with Crippen LogP contribution in [-0.2, 0) is 6.54 Å². The molecule has 0 amide bonds. The van der Waals surface area contributed by atoms with Crippen molar-refractivity contribution in [2.45, 2.75) is 44.4 Å². The lowest BCUT2D eigenvalue weighted by Crippen LogP contribution is -2.38. The van der Waals surface area contributed by atoms with Gasteiger partial charge in [-0.25, -0.2) is 0 Å². The molecule has 2 unspecified atom stereocenters. The zero-order chi connectivity index (χ0) is 45.7. The minimum absolute atomic E-state index is 0.221. The van der Waals surface area contributed by atoms with Crippen LogP contribution in [0.4, 0.5) is 11.4 Å². The van der Waals surface area contributed by atoms with Gasteiger partial charge in [0, 0.05) is 38.7 Å². The lowest BCUT2D eigenvalue weighted by atomic mass is 9.89. The first-order valence-corrected chi connectivity index (χ1v) is 24.0. The third-order valence-electron chi connectivity index (χ3n) is 12.7. The number of fused-ring (bicyclic) bond motifs is 9. The molecule has 2 aromatic heterocycles. The van der Waals surface area contributed by atoms with Gasteiger partial charge in [0.15, 0.2) is 0 Å². The maximum absolute atomic E-state index is 6.44. The first kappa shape index (κ1) is 43.3. The van der Waals surface area contributed by atoms with Crippen molar-refractivity contribution in [2.75, 3.05) is 4.31 Å². The summed E-state index contributed by atoms with van der Waals surface area (Å²) in [5.74, 6) is 0.259. The van der Waals surface area contributed by atoms with Crippen molar-refractivity contribution < 1.29 is 4.42 Å². The number of anilines is 2. The number of benzene rings is 8. The quantitative estimate of drug-likeness (QED) is 0.0866. The molecule has 0 saturated carbocycles. The second kappa shape index (κ2) is 19.5. The summed E-state index contributed by atoms with van der Waals surface area (Å²) in [6.07, 6.45) is 6.95. The second-order valence-corrected chi connectivity index (χ2v) is 18.1. The molecule has 0 N–H and O–H groups in total. The topological polar surface area (TPSA) is 33.7 Å². The van der Waals surface area contributed by atoms with Gasteiger partial charge in [-0.1, -0.05) is 177 Å². The standard InChI is InChI=1S/C53H41N3OS.C7H8.C2H4/c1-2-15-46(54-34-35-28-29-43-51(30-35)57-50-27-14-24-40(53(43)50)36-16-5-3-6-17-36)37-18-13-21-39(31-37)56-48-26-12-10-23-42(48)45-32-44-41-22-9-11-25-47(41)55(38-19-7-4-8-20-38)49(44)33-52(45)58-56;1-7-5-3-2-4-6-7;1-2/h3-14,16-33,45,52H,2,15,34H2,1H3;2-6H,1H3;1-2H2. The normalized spacial score (nSPS) is 15.0. The molecule has 1 aliphatic carbocycles. The molecular weight excluding hydrogens is 835 g/mol. The number of aromatic nitrogens is 1. The van der Waals surface area contributed by atoms with E-state index in [1.165, 1.54) is 60.7 Å². The fourth-order valence-corrected chi connectivity index (χ4v) is 10.9. The van der Waals surface area contributed by atoms with Crippen molar-refractivity contribution in [3.63, 3.8) is 0 Å². The summed E-state index contributed by atoms with van der Waals surface area (Å²) >= 11 is 1.92. The van der Waals surface area contributed by atoms with Gasteiger partial charge in [-0.2, -0.15) is 0 Å². The molecule has 2 aliphatic rings. The van der Waals surface area contributed by atoms with Crippen molar-refractivity contribution in [3.05, 3.63) is 246 Å². The molecule has 2 atom stereocenters. The zero-order valence-electron chi connectivity index (χ0n) is 38.1. The molecule has 328 valence electrons. The lowest BCUT2D eigenvalue weighted by Gasteiger charge is -2.39. The number of rotatable bonds is 8. The highest BCUT2D eigenvalue weighted by molar-refractivity contribution is 8.02. The molecular formula is C62H53N3OS. The van der Waals surface area contributed by atoms with Crippen LogP contribution in [0, 0.1) is 6.92 Å². The van der Waals surface area contributed by atoms with E-state index in [-0.39, 0.29) is 11.2 Å². The minimum Gasteiger partial charge on any atom is -0.456 e. The SMILES string of the molecule is C=C.CCCC(=NCc1ccc2c(c1)oc1cccc(-c3ccccc3)c12)c1cccc(N2SC3C=c4c(c5ccccc5n4-c4ccccc4)=CC3c3ccccc32)c1.Cc1ccccc1. The largest absolute Gasteiger partial charge is 0.456 e. The number of hydrogen-bond acceptors (Lipinski definition) is 4. The monoisotopic (exact) mass is 887 g/mol. The van der Waals surface area contributed by atoms with Gasteiger partial charge < -0.3 is 8.98 Å². The van der Waals surface area contributed by atoms with Gasteiger partial charge in [0.1, 0.15) is 11.2 Å². The highest BCUT2D eigenvalue weighted by atomic mass is 32.2. The van der Waals surface area contributed by atoms with Gasteiger partial charge in [0.2, 0.25) is 0 Å². The van der Waals surface area contributed by atoms with E-state index in [1.807, 2.05) is 30.1 Å². The Hall–Kier alpha value is -7.60. The number of aryl methyl sites for hydroxylation is 1. The van der Waals surface area contributed by atoms with E-state index < -0.39 is 0 Å². The van der Waals surface area contributed by atoms with Crippen LogP contribution in [-0.4, -0.2) is 15.5 Å². The number of para-hydroxylation sites is 3. The number of furan rings is 1. The third kappa shape index (κ3) is 8.55. The summed E-state index contributed by atoms with van der Waals surface area (Å²) in [5.41, 5.74) is 15.1. The smallest absolute Gasteiger partial charge is 0.136 e. The van der Waals surface area contributed by atoms with Gasteiger partial charge in [0.25, 0.3) is 0 Å². The molecule has 10 aromatic rings. The molecule has 67 heavy (non-hydrogen) atoms. The van der Waals surface area contributed by atoms with Crippen molar-refractivity contribution in [3.8, 4) is 16.8 Å². The van der Waals surface area contributed by atoms with Gasteiger partial charge >= 0.3 is 0 Å². The lowest BCUT2D eigenvalue weighted by molar-refractivity contribution is 0.668. The Morgan fingerprint density at radius 3 is 2.12 bits per heavy atom. The van der Waals surface area contributed by atoms with Crippen LogP contribution in [0.15, 0.2) is 223 Å². The molecule has 0 radical (unpaired) electrons. The zero-order valence-corrected chi connectivity index (χ0v) is 38.9. The summed E-state index contributed by atoms with van der Waals surface area (Å²) in [6, 6.07) is 71.3. The van der Waals surface area contributed by atoms with Crippen molar-refractivity contribution >= 4 is 74.0 Å². The average molecular weight is 888 g/mol. The van der Waals surface area contributed by atoms with E-state index >= 15 is 0 Å². The molecule has 0 bridgehead atoms. The highest BCUT2D eigenvalue weighted by Gasteiger charge is 2.35. The van der Waals surface area contributed by atoms with E-state index in [0.717, 1.165) is 51.7 Å². The Morgan fingerprint density at radius 1 is 0.642 bits per heavy atom. The van der Waals surface area contributed by atoms with Crippen LogP contribution in [0.5, 0.6) is 0 Å². The van der Waals surface area contributed by atoms with Gasteiger partial charge in [-0.3, -0.25) is 9.30 Å². The first-order chi connectivity index (χ1) is 33.1. The fraction of sp³-hybridized carbons (Fsp3) is 0.113. The molecule has 0 fully saturated rings. The Labute approximate surface area is 397 Å². The minimum atomic E-state index is 0.221. The average Bonchev–Trinajstić information content (AvgIpc) is 3.93. The molecule has 12 rings (SSSR count). The van der Waals surface area contributed by atoms with Crippen LogP contribution in [0.1, 0.15) is 47.9 Å². The maximum atomic E-state index is 6.44. The van der Waals surface area contributed by atoms with Crippen molar-refractivity contribution in [1.29, 1.82) is 0 Å². The summed E-state index contributed by atoms with van der Waals surface area (Å²) in [5, 5.41) is 6.40. The third-order valence-corrected chi connectivity index (χ3v) is 14.0. The predicted molar refractivity (Wildman–Crippen MR) is 287 cm³/mol. The molecule has 3 heterocycles. The predicted octanol–water partition coefficient (Wildman–Crippen LogP) is 15.3. The van der Waals surface area contributed by atoms with Gasteiger partial charge in [0.05, 0.1) is 34.0 Å². The summed E-state index contributed by atoms with van der Waals surface area (Å²) < 4.78 is 11.3. The van der Waals surface area contributed by atoms with Gasteiger partial charge in [-0.15, -0.1) is 13.2 Å². The molecule has 0 saturated heterocycles. The number of aliphatic imine (C=N–C) groups is 1. The summed E-state index contributed by atoms with van der Waals surface area (Å²) in [6.45, 7) is 10.9. The Balaban J connectivity index is 0.000000531. The number of nitrogens with zero attached hydrogens (tertiary/aromatic N) is 3. The Morgan fingerprint density at radius 2 is 1.34 bits per heavy atom. The van der Waals surface area contributed by atoms with Crippen LogP contribution < -0.4 is 14.9 Å². The van der Waals surface area contributed by atoms with Crippen LogP contribution in [0.2, 0.25) is 0 Å². The molecule has 1 aliphatic heterocycles. The van der Waals surface area contributed by atoms with E-state index in [4.69, 9.17) is 9.41 Å². The first-order valence-electron chi connectivity index (χ1n) is 23.2. The van der Waals surface area contributed by atoms with E-state index in [0.29, 0.717) is 6.54 Å². The summed E-state index contributed by atoms with van der Waals surface area (Å²) in [4.78, 5) is 5.30. The number of hydrogen-bond donors (Lipinski definition) is 0. The van der Waals surface area contributed by atoms with Crippen molar-refractivity contribution in [1.82, 2.24) is 4.57 Å². The van der Waals surface area contributed by atoms with Crippen LogP contribution in [0.3, 0.4) is 0 Å². The Bertz CT molecular complexity index is 3500. The Kier molecular flexibility index (Phi) is 12.6. The molecule has 8 aromatic carbocycles. The molecule has 0 spiro atoms. The van der Waals surface area contributed by atoms with E-state index in [9.17, 15) is 0 Å². The van der Waals surface area contributed by atoms with Crippen LogP contribution in [0.25, 0.3) is 61.8 Å². The van der Waals surface area contributed by atoms with Crippen molar-refractivity contribution in [2.24, 2.45) is 4.99 Å². The van der Waals surface area contributed by atoms with Crippen LogP contribution >= 0.6 is 11.9 Å². The van der Waals surface area contributed by atoms with Gasteiger partial charge in [-0.05, 0) is 108 Å². The molecule has 4 nitrogen and oxygen atoms in total. The highest BCUT2D eigenvalue weighted by Crippen LogP contribution is 2.50. The summed E-state index contributed by atoms with van der Waals surface area (Å²) in [7, 11) is 0. The fourth-order valence-electron chi connectivity index (χ4n) is 9.62. The second-order valence-electron chi connectivity index (χ2n) is 17.0. The molecule has 5 heteroatoms. The van der Waals surface area contributed by atoms with E-state index in [1.54, 1.807) is 0 Å².